The number of aromatic nitrogens is 23. The summed E-state index contributed by atoms with van der Waals surface area (Å²) in [5.74, 6) is 3.86. The van der Waals surface area contributed by atoms with E-state index in [4.69, 9.17) is 14.1 Å². The molecule has 35 heteroatoms. The Morgan fingerprint density at radius 3 is 1.49 bits per heavy atom. The number of alkyl halides is 3. The van der Waals surface area contributed by atoms with Crippen LogP contribution in [0.25, 0.3) is 55.8 Å². The van der Waals surface area contributed by atoms with Crippen molar-refractivity contribution in [2.45, 2.75) is 45.8 Å². The molecule has 0 spiro atoms. The number of aryl methyl sites for hydroxylation is 2. The first kappa shape index (κ1) is 58.4. The maximum atomic E-state index is 12.7. The lowest BCUT2D eigenvalue weighted by atomic mass is 10.1. The van der Waals surface area contributed by atoms with E-state index >= 15 is 0 Å². The second-order valence-corrected chi connectivity index (χ2v) is 19.3. The normalized spacial score (nSPS) is 11.0. The molecule has 448 valence electrons. The summed E-state index contributed by atoms with van der Waals surface area (Å²) in [4.78, 5) is 80.1. The third kappa shape index (κ3) is 15.0. The minimum Gasteiger partial charge on any atom is -0.467 e. The highest BCUT2D eigenvalue weighted by Gasteiger charge is 2.36. The number of hydrogen-bond donors (Lipinski definition) is 10. The van der Waals surface area contributed by atoms with Crippen molar-refractivity contribution in [3.63, 3.8) is 0 Å². The zero-order valence-corrected chi connectivity index (χ0v) is 47.4. The minimum atomic E-state index is -4.63. The molecular weight excluding hydrogens is 1180 g/mol. The fourth-order valence-electron chi connectivity index (χ4n) is 8.16. The van der Waals surface area contributed by atoms with Gasteiger partial charge in [0.1, 0.15) is 63.9 Å². The lowest BCUT2D eigenvalue weighted by molar-refractivity contribution is -0.144. The summed E-state index contributed by atoms with van der Waals surface area (Å²) in [6.45, 7) is 4.60. The van der Waals surface area contributed by atoms with Gasteiger partial charge in [0.25, 0.3) is 0 Å². The lowest BCUT2D eigenvalue weighted by Gasteiger charge is -2.09. The Balaban J connectivity index is 0.000000115. The number of hydrogen-bond acceptors (Lipinski definition) is 26. The van der Waals surface area contributed by atoms with E-state index in [2.05, 4.69) is 142 Å². The maximum absolute atomic E-state index is 12.7. The Morgan fingerprint density at radius 2 is 1.02 bits per heavy atom. The molecule has 0 aliphatic carbocycles. The van der Waals surface area contributed by atoms with Crippen molar-refractivity contribution in [2.75, 3.05) is 26.6 Å². The van der Waals surface area contributed by atoms with Crippen molar-refractivity contribution in [3.05, 3.63) is 181 Å². The molecule has 0 amide bonds. The van der Waals surface area contributed by atoms with E-state index in [9.17, 15) is 13.2 Å². The number of benzene rings is 1. The largest absolute Gasteiger partial charge is 0.467 e. The number of thiazole rings is 1. The molecule has 14 heterocycles. The first-order valence-corrected chi connectivity index (χ1v) is 27.3. The molecule has 0 bridgehead atoms. The molecule has 0 radical (unpaired) electrons. The Kier molecular flexibility index (Phi) is 18.1. The Hall–Kier alpha value is -12.4. The average molecular weight is 1220 g/mol. The first-order chi connectivity index (χ1) is 43.5. The molecule has 0 saturated heterocycles. The van der Waals surface area contributed by atoms with Crippen LogP contribution in [0.4, 0.5) is 42.3 Å². The van der Waals surface area contributed by atoms with Crippen LogP contribution in [0.1, 0.15) is 44.9 Å². The Labute approximate surface area is 502 Å². The molecule has 0 aliphatic rings. The number of nitrogens with zero attached hydrogens (tertiary/aromatic N) is 19. The summed E-state index contributed by atoms with van der Waals surface area (Å²) in [6, 6.07) is 18.6. The zero-order chi connectivity index (χ0) is 61.4. The lowest BCUT2D eigenvalue weighted by Crippen LogP contribution is -2.13. The number of fused-ring (bicyclic) bond motifs is 5. The molecule has 0 saturated carbocycles. The van der Waals surface area contributed by atoms with Crippen LogP contribution < -0.4 is 26.6 Å². The van der Waals surface area contributed by atoms with Crippen LogP contribution in [0.3, 0.4) is 0 Å². The molecule has 0 unspecified atom stereocenters. The van der Waals surface area contributed by atoms with Crippen LogP contribution in [0.5, 0.6) is 0 Å². The number of H-pyrrole nitrogens is 5. The summed E-state index contributed by atoms with van der Waals surface area (Å²) in [7, 11) is 1.91. The first-order valence-electron chi connectivity index (χ1n) is 26.5. The van der Waals surface area contributed by atoms with Gasteiger partial charge in [-0.3, -0.25) is 9.67 Å². The second kappa shape index (κ2) is 27.6. The third-order valence-electron chi connectivity index (χ3n) is 12.4. The number of anilines is 5. The van der Waals surface area contributed by atoms with E-state index < -0.39 is 12.0 Å². The molecule has 0 aliphatic heterocycles. The summed E-state index contributed by atoms with van der Waals surface area (Å²) in [5.41, 5.74) is 10.7. The smallest absolute Gasteiger partial charge is 0.451 e. The van der Waals surface area contributed by atoms with Gasteiger partial charge in [-0.1, -0.05) is 12.1 Å². The predicted octanol–water partition coefficient (Wildman–Crippen LogP) is 8.40. The molecule has 0 atom stereocenters. The zero-order valence-electron chi connectivity index (χ0n) is 46.6. The van der Waals surface area contributed by atoms with Crippen LogP contribution in [-0.2, 0) is 45.9 Å². The van der Waals surface area contributed by atoms with E-state index in [1.54, 1.807) is 73.4 Å². The number of rotatable bonds is 15. The molecular formula is C54H48F3N29O2S. The number of furan rings is 2. The average Bonchev–Trinajstić information content (AvgIpc) is 4.08. The van der Waals surface area contributed by atoms with E-state index in [1.165, 1.54) is 31.6 Å². The van der Waals surface area contributed by atoms with Gasteiger partial charge in [0.05, 0.1) is 93.2 Å². The van der Waals surface area contributed by atoms with Crippen LogP contribution in [-0.4, -0.2) is 114 Å². The van der Waals surface area contributed by atoms with E-state index in [0.29, 0.717) is 77.3 Å². The number of nitrogens with one attached hydrogen (secondary N) is 10. The van der Waals surface area contributed by atoms with Gasteiger partial charge in [-0.15, -0.1) is 11.3 Å². The van der Waals surface area contributed by atoms with Gasteiger partial charge in [-0.25, -0.2) is 74.8 Å². The van der Waals surface area contributed by atoms with Crippen molar-refractivity contribution >= 4 is 96.2 Å². The van der Waals surface area contributed by atoms with Crippen LogP contribution in [0.15, 0.2) is 144 Å². The standard InChI is InChI=1S/C13H10N6.C11H8F3N5O.C11H11N5O.C10H11N7.C9H8N6S/c14-5-9-1-3-10(4-2-9)6-15-12-11-13(17-7-16-11)19-8-18-12;12-11(13,14)10-18-8(7-9(19-10)17-5-16-7)15-4-6-2-1-3-20-6;1-7-15-10(9-11(16-7)14-6-13-9)12-5-8-3-2-4-17-8;1-17-7(2-3-16-17)4-11-9-8-10(13-5-12-8)15-6-14-9;1-6(16-5-10-1)2-11-8-7-9(13-3-12-7)15-4-14-8/h1-4,7-8H,6H2,(H2,15,16,17,18,19);1-3,5H,4H2,(H2,15,16,17,18,19);2-4,6H,5H2,1H3,(H2,12,13,14,15,16);2-3,5-6H,4H2,1H3,(H2,11,12,13,14,15);1,3-5H,2H2,(H2,11,12,13,14,15). The molecule has 15 rings (SSSR count). The topological polar surface area (TPSA) is 413 Å². The van der Waals surface area contributed by atoms with Crippen molar-refractivity contribution < 1.29 is 22.0 Å². The quantitative estimate of drug-likeness (QED) is 0.0460. The van der Waals surface area contributed by atoms with Crippen molar-refractivity contribution in [2.24, 2.45) is 7.05 Å². The number of imidazole rings is 5. The summed E-state index contributed by atoms with van der Waals surface area (Å²) in [6.07, 6.45) is 14.2. The number of aromatic amines is 5. The predicted molar refractivity (Wildman–Crippen MR) is 319 cm³/mol. The second-order valence-electron chi connectivity index (χ2n) is 18.3. The highest BCUT2D eigenvalue weighted by atomic mass is 32.1. The summed E-state index contributed by atoms with van der Waals surface area (Å²) >= 11 is 1.61. The van der Waals surface area contributed by atoms with Gasteiger partial charge in [0.2, 0.25) is 5.82 Å². The van der Waals surface area contributed by atoms with Gasteiger partial charge in [0, 0.05) is 30.9 Å². The monoisotopic (exact) mass is 1220 g/mol. The van der Waals surface area contributed by atoms with Crippen LogP contribution in [0, 0.1) is 18.3 Å². The van der Waals surface area contributed by atoms with E-state index in [-0.39, 0.29) is 18.0 Å². The molecule has 1 aromatic carbocycles. The highest BCUT2D eigenvalue weighted by molar-refractivity contribution is 7.09. The van der Waals surface area contributed by atoms with Crippen molar-refractivity contribution in [3.8, 4) is 6.07 Å². The van der Waals surface area contributed by atoms with Crippen LogP contribution in [0.2, 0.25) is 0 Å². The third-order valence-corrected chi connectivity index (χ3v) is 13.2. The molecule has 10 N–H and O–H groups in total. The molecule has 0 fully saturated rings. The molecule has 89 heavy (non-hydrogen) atoms. The number of nitriles is 1. The fraction of sp³-hybridized carbons (Fsp3) is 0.148. The van der Waals surface area contributed by atoms with Gasteiger partial charge >= 0.3 is 6.18 Å². The van der Waals surface area contributed by atoms with E-state index in [0.717, 1.165) is 61.4 Å². The summed E-state index contributed by atoms with van der Waals surface area (Å²) in [5, 5.41) is 28.5. The molecule has 14 aromatic heterocycles. The van der Waals surface area contributed by atoms with Crippen molar-refractivity contribution in [1.29, 1.82) is 5.26 Å². The fourth-order valence-corrected chi connectivity index (χ4v) is 8.69. The maximum Gasteiger partial charge on any atom is 0.451 e. The van der Waals surface area contributed by atoms with Gasteiger partial charge in [-0.05, 0) is 55.0 Å². The number of halogens is 3. The van der Waals surface area contributed by atoms with Crippen LogP contribution >= 0.6 is 11.3 Å². The highest BCUT2D eigenvalue weighted by Crippen LogP contribution is 2.30. The van der Waals surface area contributed by atoms with Gasteiger partial charge < -0.3 is 60.3 Å². The SMILES string of the molecule is Cc1nc(NCc2ccco2)c2[nH]cnc2n1.Cn1nccc1CNc1ncnc2nc[nH]c12.FC(F)(F)c1nc(NCc2ccco2)c2[nH]cnc2n1.N#Cc1ccc(CNc2ncnc3nc[nH]c23)cc1.c1nc(NCc2cncs2)c2[nH]cnc2n1. The van der Waals surface area contributed by atoms with Gasteiger partial charge in [-0.2, -0.15) is 23.5 Å². The Bertz CT molecular complexity index is 4700. The van der Waals surface area contributed by atoms with Gasteiger partial charge in [0.15, 0.2) is 57.3 Å². The molecule has 31 nitrogen and oxygen atoms in total. The Morgan fingerprint density at radius 1 is 0.539 bits per heavy atom. The molecule has 15 aromatic rings. The van der Waals surface area contributed by atoms with E-state index in [1.807, 2.05) is 60.7 Å². The summed E-state index contributed by atoms with van der Waals surface area (Å²) < 4.78 is 50.3. The van der Waals surface area contributed by atoms with Crippen molar-refractivity contribution in [1.82, 2.24) is 114 Å². The minimum absolute atomic E-state index is 0.0243.